The van der Waals surface area contributed by atoms with Gasteiger partial charge in [-0.15, -0.1) is 0 Å². The fourth-order valence-electron chi connectivity index (χ4n) is 3.30. The number of rotatable bonds is 6. The Morgan fingerprint density at radius 3 is 2.36 bits per heavy atom. The summed E-state index contributed by atoms with van der Waals surface area (Å²) in [6, 6.07) is 16.1. The molecule has 25 heavy (non-hydrogen) atoms. The lowest BCUT2D eigenvalue weighted by atomic mass is 10.1. The predicted octanol–water partition coefficient (Wildman–Crippen LogP) is 3.50. The number of methoxy groups -OCH3 is 1. The summed E-state index contributed by atoms with van der Waals surface area (Å²) in [6.45, 7) is 1.76. The first-order chi connectivity index (χ1) is 12.1. The molecule has 1 aliphatic heterocycles. The van der Waals surface area contributed by atoms with E-state index in [1.165, 1.54) is 5.56 Å². The first kappa shape index (κ1) is 17.9. The Morgan fingerprint density at radius 2 is 1.72 bits per heavy atom. The minimum absolute atomic E-state index is 0.0301. The SMILES string of the molecule is COCc1ccc(CCN2C(=O)CN(C)C2c2ccc(Cl)cc2)cc1. The molecule has 1 aliphatic rings. The molecule has 0 spiro atoms. The maximum atomic E-state index is 12.4. The third kappa shape index (κ3) is 4.21. The normalized spacial score (nSPS) is 18.1. The van der Waals surface area contributed by atoms with Crippen LogP contribution in [0.15, 0.2) is 48.5 Å². The summed E-state index contributed by atoms with van der Waals surface area (Å²) in [7, 11) is 3.68. The number of hydrogen-bond donors (Lipinski definition) is 0. The molecule has 0 saturated carbocycles. The van der Waals surface area contributed by atoms with Crippen molar-refractivity contribution in [2.75, 3.05) is 27.2 Å². The summed E-state index contributed by atoms with van der Waals surface area (Å²) in [5.41, 5.74) is 3.47. The van der Waals surface area contributed by atoms with Gasteiger partial charge in [0.25, 0.3) is 0 Å². The minimum Gasteiger partial charge on any atom is -0.380 e. The van der Waals surface area contributed by atoms with Gasteiger partial charge in [0.2, 0.25) is 5.91 Å². The van der Waals surface area contributed by atoms with Crippen molar-refractivity contribution in [3.05, 3.63) is 70.2 Å². The summed E-state index contributed by atoms with van der Waals surface area (Å²) >= 11 is 5.99. The van der Waals surface area contributed by atoms with E-state index in [1.807, 2.05) is 36.2 Å². The Labute approximate surface area is 154 Å². The van der Waals surface area contributed by atoms with Crippen LogP contribution in [-0.4, -0.2) is 43.0 Å². The maximum absolute atomic E-state index is 12.4. The molecule has 1 saturated heterocycles. The molecular weight excluding hydrogens is 336 g/mol. The highest BCUT2D eigenvalue weighted by Crippen LogP contribution is 2.30. The quantitative estimate of drug-likeness (QED) is 0.792. The highest BCUT2D eigenvalue weighted by atomic mass is 35.5. The van der Waals surface area contributed by atoms with E-state index < -0.39 is 0 Å². The third-order valence-electron chi connectivity index (χ3n) is 4.56. The number of amides is 1. The number of hydrogen-bond acceptors (Lipinski definition) is 3. The molecule has 3 rings (SSSR count). The number of ether oxygens (including phenoxy) is 1. The van der Waals surface area contributed by atoms with E-state index in [4.69, 9.17) is 16.3 Å². The van der Waals surface area contributed by atoms with Gasteiger partial charge in [0, 0.05) is 18.7 Å². The van der Waals surface area contributed by atoms with Crippen LogP contribution >= 0.6 is 11.6 Å². The van der Waals surface area contributed by atoms with E-state index in [1.54, 1.807) is 7.11 Å². The molecule has 0 aromatic heterocycles. The van der Waals surface area contributed by atoms with Crippen molar-refractivity contribution in [2.45, 2.75) is 19.2 Å². The summed E-state index contributed by atoms with van der Waals surface area (Å²) < 4.78 is 5.14. The largest absolute Gasteiger partial charge is 0.380 e. The van der Waals surface area contributed by atoms with E-state index in [0.717, 1.165) is 17.5 Å². The molecule has 1 amide bonds. The summed E-state index contributed by atoms with van der Waals surface area (Å²) in [5, 5.41) is 0.707. The van der Waals surface area contributed by atoms with Gasteiger partial charge in [0.1, 0.15) is 6.17 Å². The second-order valence-electron chi connectivity index (χ2n) is 6.43. The van der Waals surface area contributed by atoms with Gasteiger partial charge in [-0.25, -0.2) is 0 Å². The van der Waals surface area contributed by atoms with Crippen LogP contribution < -0.4 is 0 Å². The van der Waals surface area contributed by atoms with Crippen LogP contribution in [0.5, 0.6) is 0 Å². The first-order valence-corrected chi connectivity index (χ1v) is 8.78. The van der Waals surface area contributed by atoms with Gasteiger partial charge in [-0.05, 0) is 42.3 Å². The highest BCUT2D eigenvalue weighted by Gasteiger charge is 2.35. The molecule has 1 heterocycles. The molecule has 132 valence electrons. The zero-order chi connectivity index (χ0) is 17.8. The summed E-state index contributed by atoms with van der Waals surface area (Å²) in [6.07, 6.45) is 0.800. The molecule has 1 fully saturated rings. The fourth-order valence-corrected chi connectivity index (χ4v) is 3.43. The van der Waals surface area contributed by atoms with Crippen LogP contribution in [0.4, 0.5) is 0 Å². The molecule has 2 aromatic rings. The van der Waals surface area contributed by atoms with Crippen molar-refractivity contribution in [2.24, 2.45) is 0 Å². The van der Waals surface area contributed by atoms with E-state index >= 15 is 0 Å². The second kappa shape index (κ2) is 8.00. The zero-order valence-corrected chi connectivity index (χ0v) is 15.4. The van der Waals surface area contributed by atoms with Gasteiger partial charge >= 0.3 is 0 Å². The van der Waals surface area contributed by atoms with Crippen molar-refractivity contribution in [1.82, 2.24) is 9.80 Å². The van der Waals surface area contributed by atoms with E-state index in [9.17, 15) is 4.79 Å². The second-order valence-corrected chi connectivity index (χ2v) is 6.86. The number of carbonyl (C=O) groups is 1. The number of benzene rings is 2. The fraction of sp³-hybridized carbons (Fsp3) is 0.350. The number of nitrogens with zero attached hydrogens (tertiary/aromatic N) is 2. The van der Waals surface area contributed by atoms with Crippen molar-refractivity contribution in [3.8, 4) is 0 Å². The summed E-state index contributed by atoms with van der Waals surface area (Å²) in [4.78, 5) is 16.5. The molecule has 4 nitrogen and oxygen atoms in total. The lowest BCUT2D eigenvalue weighted by Crippen LogP contribution is -2.32. The van der Waals surface area contributed by atoms with Crippen molar-refractivity contribution in [1.29, 1.82) is 0 Å². The highest BCUT2D eigenvalue weighted by molar-refractivity contribution is 6.30. The average molecular weight is 359 g/mol. The number of carbonyl (C=O) groups excluding carboxylic acids is 1. The van der Waals surface area contributed by atoms with Crippen LogP contribution in [0, 0.1) is 0 Å². The van der Waals surface area contributed by atoms with Gasteiger partial charge < -0.3 is 9.64 Å². The van der Waals surface area contributed by atoms with Crippen LogP contribution in [0.2, 0.25) is 5.02 Å². The third-order valence-corrected chi connectivity index (χ3v) is 4.81. The van der Waals surface area contributed by atoms with Gasteiger partial charge in [0.05, 0.1) is 13.2 Å². The molecule has 1 atom stereocenters. The lowest BCUT2D eigenvalue weighted by Gasteiger charge is -2.28. The number of halogens is 1. The van der Waals surface area contributed by atoms with Crippen LogP contribution in [0.1, 0.15) is 22.9 Å². The number of likely N-dealkylation sites (N-methyl/N-ethyl adjacent to an activating group) is 1. The molecule has 1 unspecified atom stereocenters. The molecule has 5 heteroatoms. The Kier molecular flexibility index (Phi) is 5.74. The van der Waals surface area contributed by atoms with Crippen LogP contribution in [0.3, 0.4) is 0 Å². The molecule has 0 bridgehead atoms. The molecule has 2 aromatic carbocycles. The molecule has 0 aliphatic carbocycles. The average Bonchev–Trinajstić information content (AvgIpc) is 2.89. The van der Waals surface area contributed by atoms with Gasteiger partial charge in [-0.3, -0.25) is 9.69 Å². The van der Waals surface area contributed by atoms with E-state index in [-0.39, 0.29) is 12.1 Å². The standard InChI is InChI=1S/C20H23ClN2O2/c1-22-13-19(24)23(20(22)17-7-9-18(21)10-8-17)12-11-15-3-5-16(6-4-15)14-25-2/h3-10,20H,11-14H2,1-2H3. The Balaban J connectivity index is 1.70. The predicted molar refractivity (Wildman–Crippen MR) is 99.4 cm³/mol. The van der Waals surface area contributed by atoms with Crippen molar-refractivity contribution in [3.63, 3.8) is 0 Å². The smallest absolute Gasteiger partial charge is 0.238 e. The van der Waals surface area contributed by atoms with Crippen molar-refractivity contribution < 1.29 is 9.53 Å². The van der Waals surface area contributed by atoms with Gasteiger partial charge in [0.15, 0.2) is 0 Å². The maximum Gasteiger partial charge on any atom is 0.238 e. The Bertz CT molecular complexity index is 715. The zero-order valence-electron chi connectivity index (χ0n) is 14.6. The molecular formula is C20H23ClN2O2. The van der Waals surface area contributed by atoms with Crippen LogP contribution in [-0.2, 0) is 22.6 Å². The van der Waals surface area contributed by atoms with Crippen LogP contribution in [0.25, 0.3) is 0 Å². The van der Waals surface area contributed by atoms with Crippen molar-refractivity contribution >= 4 is 17.5 Å². The lowest BCUT2D eigenvalue weighted by molar-refractivity contribution is -0.128. The molecule has 0 N–H and O–H groups in total. The summed E-state index contributed by atoms with van der Waals surface area (Å²) in [5.74, 6) is 0.165. The van der Waals surface area contributed by atoms with Gasteiger partial charge in [-0.2, -0.15) is 0 Å². The topological polar surface area (TPSA) is 32.8 Å². The van der Waals surface area contributed by atoms with E-state index in [2.05, 4.69) is 29.2 Å². The Morgan fingerprint density at radius 1 is 1.08 bits per heavy atom. The van der Waals surface area contributed by atoms with E-state index in [0.29, 0.717) is 24.7 Å². The minimum atomic E-state index is -0.0301. The van der Waals surface area contributed by atoms with Gasteiger partial charge in [-0.1, -0.05) is 48.0 Å². The first-order valence-electron chi connectivity index (χ1n) is 8.40. The monoisotopic (exact) mass is 358 g/mol. The Hall–Kier alpha value is -1.88. The molecule has 0 radical (unpaired) electrons.